The molecule has 2 amide bonds. The van der Waals surface area contributed by atoms with Crippen molar-refractivity contribution in [3.8, 4) is 5.75 Å². The van der Waals surface area contributed by atoms with Crippen LogP contribution in [0.25, 0.3) is 0 Å². The summed E-state index contributed by atoms with van der Waals surface area (Å²) in [5.74, 6) is 0.201. The second-order valence-electron chi connectivity index (χ2n) is 7.46. The number of carbonyl (C=O) groups is 2. The molecule has 0 radical (unpaired) electrons. The van der Waals surface area contributed by atoms with Crippen LogP contribution in [0.1, 0.15) is 20.7 Å². The number of hydrogen-bond acceptors (Lipinski definition) is 4. The molecule has 7 heteroatoms. The smallest absolute Gasteiger partial charge is 0.259 e. The van der Waals surface area contributed by atoms with Crippen molar-refractivity contribution in [3.63, 3.8) is 0 Å². The van der Waals surface area contributed by atoms with E-state index in [0.717, 1.165) is 5.69 Å². The van der Waals surface area contributed by atoms with Crippen LogP contribution in [-0.2, 0) is 0 Å². The van der Waals surface area contributed by atoms with Gasteiger partial charge >= 0.3 is 0 Å². The topological polar surface area (TPSA) is 61.9 Å². The fraction of sp³-hybridized carbons (Fsp3) is 0.200. The quantitative estimate of drug-likeness (QED) is 0.620. The molecule has 3 aromatic rings. The lowest BCUT2D eigenvalue weighted by Crippen LogP contribution is -2.49. The highest BCUT2D eigenvalue weighted by atomic mass is 35.5. The SMILES string of the molecule is COc1ccc(Cl)cc1C(=O)Nc1ccccc1N1CCN(C(=O)c2ccccc2)CC1. The van der Waals surface area contributed by atoms with Gasteiger partial charge in [-0.05, 0) is 42.5 Å². The first kappa shape index (κ1) is 21.7. The molecule has 0 bridgehead atoms. The number of hydrogen-bond donors (Lipinski definition) is 1. The Hall–Kier alpha value is -3.51. The molecule has 32 heavy (non-hydrogen) atoms. The van der Waals surface area contributed by atoms with Crippen LogP contribution in [0, 0.1) is 0 Å². The first-order chi connectivity index (χ1) is 15.6. The zero-order valence-corrected chi connectivity index (χ0v) is 18.5. The van der Waals surface area contributed by atoms with Crippen LogP contribution in [0.3, 0.4) is 0 Å². The van der Waals surface area contributed by atoms with Crippen LogP contribution in [0.5, 0.6) is 5.75 Å². The molecule has 0 saturated carbocycles. The molecule has 4 rings (SSSR count). The average molecular weight is 450 g/mol. The summed E-state index contributed by atoms with van der Waals surface area (Å²) < 4.78 is 5.31. The van der Waals surface area contributed by atoms with Gasteiger partial charge in [-0.1, -0.05) is 41.9 Å². The molecule has 0 aromatic heterocycles. The van der Waals surface area contributed by atoms with Crippen molar-refractivity contribution >= 4 is 34.8 Å². The maximum atomic E-state index is 13.0. The van der Waals surface area contributed by atoms with Crippen molar-refractivity contribution in [3.05, 3.63) is 88.9 Å². The third-order valence-corrected chi connectivity index (χ3v) is 5.72. The third-order valence-electron chi connectivity index (χ3n) is 5.49. The number of piperazine rings is 1. The van der Waals surface area contributed by atoms with E-state index in [-0.39, 0.29) is 11.8 Å². The average Bonchev–Trinajstić information content (AvgIpc) is 2.84. The van der Waals surface area contributed by atoms with Crippen LogP contribution >= 0.6 is 11.6 Å². The number of amides is 2. The van der Waals surface area contributed by atoms with E-state index in [1.807, 2.05) is 59.5 Å². The number of para-hydroxylation sites is 2. The van der Waals surface area contributed by atoms with Gasteiger partial charge in [-0.15, -0.1) is 0 Å². The zero-order valence-electron chi connectivity index (χ0n) is 17.8. The van der Waals surface area contributed by atoms with Gasteiger partial charge in [0, 0.05) is 36.8 Å². The highest BCUT2D eigenvalue weighted by Gasteiger charge is 2.24. The minimum absolute atomic E-state index is 0.0416. The molecule has 1 aliphatic rings. The van der Waals surface area contributed by atoms with Gasteiger partial charge in [-0.3, -0.25) is 9.59 Å². The number of ether oxygens (including phenoxy) is 1. The number of methoxy groups -OCH3 is 1. The highest BCUT2D eigenvalue weighted by Crippen LogP contribution is 2.29. The molecular weight excluding hydrogens is 426 g/mol. The number of nitrogens with one attached hydrogen (secondary N) is 1. The molecule has 1 N–H and O–H groups in total. The highest BCUT2D eigenvalue weighted by molar-refractivity contribution is 6.31. The predicted octanol–water partition coefficient (Wildman–Crippen LogP) is 4.56. The minimum Gasteiger partial charge on any atom is -0.496 e. The van der Waals surface area contributed by atoms with E-state index in [9.17, 15) is 9.59 Å². The van der Waals surface area contributed by atoms with E-state index >= 15 is 0 Å². The Balaban J connectivity index is 1.47. The summed E-state index contributed by atoms with van der Waals surface area (Å²) in [6, 6.07) is 21.9. The summed E-state index contributed by atoms with van der Waals surface area (Å²) in [4.78, 5) is 29.7. The Morgan fingerprint density at radius 1 is 0.906 bits per heavy atom. The van der Waals surface area contributed by atoms with Gasteiger partial charge in [-0.2, -0.15) is 0 Å². The zero-order chi connectivity index (χ0) is 22.5. The van der Waals surface area contributed by atoms with Crippen molar-refractivity contribution in [2.24, 2.45) is 0 Å². The minimum atomic E-state index is -0.297. The van der Waals surface area contributed by atoms with E-state index in [0.29, 0.717) is 53.8 Å². The van der Waals surface area contributed by atoms with Crippen LogP contribution in [0.4, 0.5) is 11.4 Å². The van der Waals surface area contributed by atoms with E-state index in [1.54, 1.807) is 18.2 Å². The summed E-state index contributed by atoms with van der Waals surface area (Å²) in [6.45, 7) is 2.56. The Bertz CT molecular complexity index is 1110. The van der Waals surface area contributed by atoms with Crippen LogP contribution < -0.4 is 15.0 Å². The van der Waals surface area contributed by atoms with Crippen LogP contribution in [-0.4, -0.2) is 50.0 Å². The Morgan fingerprint density at radius 2 is 1.59 bits per heavy atom. The lowest BCUT2D eigenvalue weighted by atomic mass is 10.1. The lowest BCUT2D eigenvalue weighted by molar-refractivity contribution is 0.0746. The molecule has 1 heterocycles. The first-order valence-electron chi connectivity index (χ1n) is 10.4. The van der Waals surface area contributed by atoms with E-state index in [2.05, 4.69) is 10.2 Å². The number of carbonyl (C=O) groups excluding carboxylic acids is 2. The largest absolute Gasteiger partial charge is 0.496 e. The number of anilines is 2. The molecule has 3 aromatic carbocycles. The molecule has 0 aliphatic carbocycles. The van der Waals surface area contributed by atoms with Crippen molar-refractivity contribution in [2.45, 2.75) is 0 Å². The monoisotopic (exact) mass is 449 g/mol. The van der Waals surface area contributed by atoms with Gasteiger partial charge in [-0.25, -0.2) is 0 Å². The first-order valence-corrected chi connectivity index (χ1v) is 10.8. The van der Waals surface area contributed by atoms with E-state index in [4.69, 9.17) is 16.3 Å². The summed E-state index contributed by atoms with van der Waals surface area (Å²) in [7, 11) is 1.52. The lowest BCUT2D eigenvalue weighted by Gasteiger charge is -2.37. The summed E-state index contributed by atoms with van der Waals surface area (Å²) in [5.41, 5.74) is 2.67. The van der Waals surface area contributed by atoms with Crippen molar-refractivity contribution < 1.29 is 14.3 Å². The Labute approximate surface area is 192 Å². The van der Waals surface area contributed by atoms with Crippen molar-refractivity contribution in [2.75, 3.05) is 43.5 Å². The van der Waals surface area contributed by atoms with Crippen LogP contribution in [0.2, 0.25) is 5.02 Å². The number of benzene rings is 3. The fourth-order valence-corrected chi connectivity index (χ4v) is 3.99. The van der Waals surface area contributed by atoms with Gasteiger partial charge in [0.15, 0.2) is 0 Å². The fourth-order valence-electron chi connectivity index (χ4n) is 3.82. The summed E-state index contributed by atoms with van der Waals surface area (Å²) in [6.07, 6.45) is 0. The predicted molar refractivity (Wildman–Crippen MR) is 127 cm³/mol. The molecule has 1 fully saturated rings. The Morgan fingerprint density at radius 3 is 2.31 bits per heavy atom. The normalized spacial score (nSPS) is 13.6. The van der Waals surface area contributed by atoms with Gasteiger partial charge < -0.3 is 19.9 Å². The van der Waals surface area contributed by atoms with Gasteiger partial charge in [0.1, 0.15) is 5.75 Å². The third kappa shape index (κ3) is 4.70. The number of nitrogens with zero attached hydrogens (tertiary/aromatic N) is 2. The van der Waals surface area contributed by atoms with E-state index < -0.39 is 0 Å². The van der Waals surface area contributed by atoms with Crippen molar-refractivity contribution in [1.82, 2.24) is 4.90 Å². The molecular formula is C25H24ClN3O3. The summed E-state index contributed by atoms with van der Waals surface area (Å²) >= 11 is 6.08. The second-order valence-corrected chi connectivity index (χ2v) is 7.90. The molecule has 0 atom stereocenters. The molecule has 164 valence electrons. The molecule has 6 nitrogen and oxygen atoms in total. The van der Waals surface area contributed by atoms with Gasteiger partial charge in [0.05, 0.1) is 24.0 Å². The Kier molecular flexibility index (Phi) is 6.61. The molecule has 1 aliphatic heterocycles. The molecule has 0 unspecified atom stereocenters. The van der Waals surface area contributed by atoms with Gasteiger partial charge in [0.2, 0.25) is 0 Å². The molecule has 0 spiro atoms. The van der Waals surface area contributed by atoms with E-state index in [1.165, 1.54) is 7.11 Å². The standard InChI is InChI=1S/C25H24ClN3O3/c1-32-23-12-11-19(26)17-20(23)24(30)27-21-9-5-6-10-22(21)28-13-15-29(16-14-28)25(31)18-7-3-2-4-8-18/h2-12,17H,13-16H2,1H3,(H,27,30). The maximum absolute atomic E-state index is 13.0. The molecule has 1 saturated heterocycles. The maximum Gasteiger partial charge on any atom is 0.259 e. The number of halogens is 1. The second kappa shape index (κ2) is 9.75. The van der Waals surface area contributed by atoms with Gasteiger partial charge in [0.25, 0.3) is 11.8 Å². The summed E-state index contributed by atoms with van der Waals surface area (Å²) in [5, 5.41) is 3.45. The van der Waals surface area contributed by atoms with Crippen molar-refractivity contribution in [1.29, 1.82) is 0 Å². The van der Waals surface area contributed by atoms with Crippen LogP contribution in [0.15, 0.2) is 72.8 Å². The number of rotatable bonds is 5.